The second kappa shape index (κ2) is 5.20. The molecule has 0 amide bonds. The third kappa shape index (κ3) is 2.59. The zero-order valence-electron chi connectivity index (χ0n) is 10.6. The lowest BCUT2D eigenvalue weighted by atomic mass is 10.1. The van der Waals surface area contributed by atoms with E-state index in [2.05, 4.69) is 35.9 Å². The van der Waals surface area contributed by atoms with E-state index < -0.39 is 0 Å². The quantitative estimate of drug-likeness (QED) is 0.778. The smallest absolute Gasteiger partial charge is 0.0992 e. The van der Waals surface area contributed by atoms with E-state index in [-0.39, 0.29) is 0 Å². The standard InChI is InChI=1S/C14H19N3/c1-3-13-11-17(8-7-16(13)2)14-6-4-5-12(9-14)10-15/h4-6,9,13H,3,7-8,11H2,1-2H3. The molecule has 0 spiro atoms. The molecule has 0 aliphatic carbocycles. The molecule has 1 aliphatic heterocycles. The zero-order chi connectivity index (χ0) is 12.3. The number of likely N-dealkylation sites (N-methyl/N-ethyl adjacent to an activating group) is 1. The summed E-state index contributed by atoms with van der Waals surface area (Å²) in [6, 6.07) is 10.7. The van der Waals surface area contributed by atoms with Crippen LogP contribution in [0.1, 0.15) is 18.9 Å². The van der Waals surface area contributed by atoms with Crippen LogP contribution in [0.5, 0.6) is 0 Å². The summed E-state index contributed by atoms with van der Waals surface area (Å²) in [6.45, 7) is 5.43. The molecule has 17 heavy (non-hydrogen) atoms. The van der Waals surface area contributed by atoms with Crippen molar-refractivity contribution in [3.8, 4) is 6.07 Å². The van der Waals surface area contributed by atoms with Gasteiger partial charge in [0.2, 0.25) is 0 Å². The maximum atomic E-state index is 8.92. The summed E-state index contributed by atoms with van der Waals surface area (Å²) in [6.07, 6.45) is 1.17. The van der Waals surface area contributed by atoms with Crippen molar-refractivity contribution >= 4 is 5.69 Å². The first-order valence-electron chi connectivity index (χ1n) is 6.20. The summed E-state index contributed by atoms with van der Waals surface area (Å²) in [5, 5.41) is 8.92. The number of rotatable bonds is 2. The summed E-state index contributed by atoms with van der Waals surface area (Å²) in [7, 11) is 2.19. The first-order chi connectivity index (χ1) is 8.24. The van der Waals surface area contributed by atoms with Gasteiger partial charge in [-0.2, -0.15) is 5.26 Å². The van der Waals surface area contributed by atoms with Gasteiger partial charge in [-0.3, -0.25) is 4.90 Å². The minimum atomic E-state index is 0.620. The van der Waals surface area contributed by atoms with Crippen molar-refractivity contribution in [2.45, 2.75) is 19.4 Å². The Morgan fingerprint density at radius 2 is 2.24 bits per heavy atom. The maximum absolute atomic E-state index is 8.92. The second-order valence-corrected chi connectivity index (χ2v) is 4.65. The summed E-state index contributed by atoms with van der Waals surface area (Å²) in [5.41, 5.74) is 1.92. The minimum Gasteiger partial charge on any atom is -0.369 e. The van der Waals surface area contributed by atoms with E-state index in [0.29, 0.717) is 6.04 Å². The third-order valence-electron chi connectivity index (χ3n) is 3.59. The molecule has 0 bridgehead atoms. The molecular formula is C14H19N3. The Bertz CT molecular complexity index is 422. The van der Waals surface area contributed by atoms with Crippen molar-refractivity contribution in [3.05, 3.63) is 29.8 Å². The van der Waals surface area contributed by atoms with Crippen LogP contribution in [-0.4, -0.2) is 37.6 Å². The van der Waals surface area contributed by atoms with Gasteiger partial charge in [0.25, 0.3) is 0 Å². The molecule has 1 saturated heterocycles. The third-order valence-corrected chi connectivity index (χ3v) is 3.59. The number of hydrogen-bond donors (Lipinski definition) is 0. The van der Waals surface area contributed by atoms with Crippen molar-refractivity contribution < 1.29 is 0 Å². The van der Waals surface area contributed by atoms with Gasteiger partial charge in [-0.15, -0.1) is 0 Å². The highest BCUT2D eigenvalue weighted by Gasteiger charge is 2.22. The molecule has 1 atom stereocenters. The highest BCUT2D eigenvalue weighted by molar-refractivity contribution is 5.52. The molecule has 1 aromatic carbocycles. The van der Waals surface area contributed by atoms with Gasteiger partial charge in [-0.05, 0) is 31.7 Å². The van der Waals surface area contributed by atoms with E-state index in [1.54, 1.807) is 0 Å². The largest absolute Gasteiger partial charge is 0.369 e. The predicted octanol–water partition coefficient (Wildman–Crippen LogP) is 2.09. The van der Waals surface area contributed by atoms with Crippen LogP contribution in [0.15, 0.2) is 24.3 Å². The van der Waals surface area contributed by atoms with Crippen LogP contribution in [0.2, 0.25) is 0 Å². The molecule has 3 nitrogen and oxygen atoms in total. The fraction of sp³-hybridized carbons (Fsp3) is 0.500. The molecule has 2 rings (SSSR count). The van der Waals surface area contributed by atoms with Gasteiger partial charge in [0.15, 0.2) is 0 Å². The maximum Gasteiger partial charge on any atom is 0.0992 e. The molecule has 0 aromatic heterocycles. The molecule has 90 valence electrons. The first kappa shape index (κ1) is 11.9. The average molecular weight is 229 g/mol. The van der Waals surface area contributed by atoms with Crippen molar-refractivity contribution in [2.75, 3.05) is 31.6 Å². The normalized spacial score (nSPS) is 21.2. The topological polar surface area (TPSA) is 30.3 Å². The van der Waals surface area contributed by atoms with Crippen molar-refractivity contribution in [3.63, 3.8) is 0 Å². The van der Waals surface area contributed by atoms with Crippen LogP contribution in [0.4, 0.5) is 5.69 Å². The molecule has 3 heteroatoms. The lowest BCUT2D eigenvalue weighted by Crippen LogP contribution is -2.51. The lowest BCUT2D eigenvalue weighted by Gasteiger charge is -2.40. The van der Waals surface area contributed by atoms with E-state index in [4.69, 9.17) is 5.26 Å². The van der Waals surface area contributed by atoms with Gasteiger partial charge in [-0.1, -0.05) is 13.0 Å². The average Bonchev–Trinajstić information content (AvgIpc) is 2.39. The van der Waals surface area contributed by atoms with Crippen molar-refractivity contribution in [1.82, 2.24) is 4.90 Å². The van der Waals surface area contributed by atoms with Gasteiger partial charge >= 0.3 is 0 Å². The second-order valence-electron chi connectivity index (χ2n) is 4.65. The molecular weight excluding hydrogens is 210 g/mol. The molecule has 1 aromatic rings. The van der Waals surface area contributed by atoms with Gasteiger partial charge in [-0.25, -0.2) is 0 Å². The zero-order valence-corrected chi connectivity index (χ0v) is 10.6. The number of nitriles is 1. The molecule has 1 aliphatic rings. The SMILES string of the molecule is CCC1CN(c2cccc(C#N)c2)CCN1C. The molecule has 0 radical (unpaired) electrons. The fourth-order valence-electron chi connectivity index (χ4n) is 2.39. The van der Waals surface area contributed by atoms with Gasteiger partial charge < -0.3 is 4.90 Å². The molecule has 1 heterocycles. The van der Waals surface area contributed by atoms with Crippen molar-refractivity contribution in [1.29, 1.82) is 5.26 Å². The predicted molar refractivity (Wildman–Crippen MR) is 70.1 cm³/mol. The lowest BCUT2D eigenvalue weighted by molar-refractivity contribution is 0.213. The van der Waals surface area contributed by atoms with Gasteiger partial charge in [0.1, 0.15) is 0 Å². The monoisotopic (exact) mass is 229 g/mol. The summed E-state index contributed by atoms with van der Waals surface area (Å²) < 4.78 is 0. The van der Waals surface area contributed by atoms with Crippen LogP contribution >= 0.6 is 0 Å². The summed E-state index contributed by atoms with van der Waals surface area (Å²) in [5.74, 6) is 0. The van der Waals surface area contributed by atoms with Crippen LogP contribution in [0.25, 0.3) is 0 Å². The number of nitrogens with zero attached hydrogens (tertiary/aromatic N) is 3. The minimum absolute atomic E-state index is 0.620. The highest BCUT2D eigenvalue weighted by Crippen LogP contribution is 2.20. The molecule has 0 saturated carbocycles. The number of hydrogen-bond acceptors (Lipinski definition) is 3. The summed E-state index contributed by atoms with van der Waals surface area (Å²) >= 11 is 0. The van der Waals surface area contributed by atoms with Crippen LogP contribution < -0.4 is 4.90 Å². The van der Waals surface area contributed by atoms with E-state index in [1.165, 1.54) is 12.1 Å². The van der Waals surface area contributed by atoms with Gasteiger partial charge in [0.05, 0.1) is 11.6 Å². The van der Waals surface area contributed by atoms with Gasteiger partial charge in [0, 0.05) is 31.4 Å². The Kier molecular flexibility index (Phi) is 3.65. The van der Waals surface area contributed by atoms with E-state index >= 15 is 0 Å². The van der Waals surface area contributed by atoms with E-state index in [0.717, 1.165) is 25.2 Å². The van der Waals surface area contributed by atoms with Crippen molar-refractivity contribution in [2.24, 2.45) is 0 Å². The molecule has 1 fully saturated rings. The Labute approximate surface area is 103 Å². The first-order valence-corrected chi connectivity index (χ1v) is 6.20. The Hall–Kier alpha value is -1.53. The Morgan fingerprint density at radius 3 is 2.94 bits per heavy atom. The number of benzene rings is 1. The van der Waals surface area contributed by atoms with E-state index in [1.807, 2.05) is 18.2 Å². The van der Waals surface area contributed by atoms with Crippen LogP contribution in [0.3, 0.4) is 0 Å². The molecule has 1 unspecified atom stereocenters. The fourth-order valence-corrected chi connectivity index (χ4v) is 2.39. The van der Waals surface area contributed by atoms with Crippen LogP contribution in [-0.2, 0) is 0 Å². The Morgan fingerprint density at radius 1 is 1.41 bits per heavy atom. The van der Waals surface area contributed by atoms with Crippen LogP contribution in [0, 0.1) is 11.3 Å². The summed E-state index contributed by atoms with van der Waals surface area (Å²) in [4.78, 5) is 4.81. The Balaban J connectivity index is 2.15. The molecule has 0 N–H and O–H groups in total. The number of piperazine rings is 1. The highest BCUT2D eigenvalue weighted by atomic mass is 15.3. The van der Waals surface area contributed by atoms with E-state index in [9.17, 15) is 0 Å². The number of anilines is 1.